The fourth-order valence-corrected chi connectivity index (χ4v) is 0. The Hall–Kier alpha value is 2.13. The van der Waals surface area contributed by atoms with Gasteiger partial charge in [0, 0.05) is 0 Å². The minimum absolute atomic E-state index is 0. The van der Waals surface area contributed by atoms with Crippen molar-refractivity contribution in [2.75, 3.05) is 0 Å². The van der Waals surface area contributed by atoms with Crippen LogP contribution in [0.2, 0.25) is 0 Å². The maximum absolute atomic E-state index is 8.52. The molecule has 0 rings (SSSR count). The molecule has 0 amide bonds. The molecule has 0 unspecified atom stereocenters. The summed E-state index contributed by atoms with van der Waals surface area (Å²) in [5.74, 6) is 0. The second-order valence-corrected chi connectivity index (χ2v) is 2.17. The van der Waals surface area contributed by atoms with Crippen molar-refractivity contribution in [3.05, 3.63) is 0 Å². The molecule has 0 radical (unpaired) electrons. The number of aliphatic hydroxyl groups is 1. The molecule has 0 bridgehead atoms. The largest absolute Gasteiger partial charge is 1.00 e. The van der Waals surface area contributed by atoms with Gasteiger partial charge >= 0.3 is 51.4 Å². The van der Waals surface area contributed by atoms with Gasteiger partial charge in [0.2, 0.25) is 0 Å². The van der Waals surface area contributed by atoms with Gasteiger partial charge < -0.3 is 6.53 Å². The van der Waals surface area contributed by atoms with Crippen LogP contribution in [-0.4, -0.2) is 28.1 Å². The molecule has 0 aliphatic carbocycles. The summed E-state index contributed by atoms with van der Waals surface area (Å²) in [7, 11) is 0. The van der Waals surface area contributed by atoms with Gasteiger partial charge in [0.05, 0.1) is 5.60 Å². The van der Waals surface area contributed by atoms with E-state index in [9.17, 15) is 0 Å². The molecule has 0 spiro atoms. The van der Waals surface area contributed by atoms with Crippen molar-refractivity contribution in [1.29, 1.82) is 0 Å². The Balaban J connectivity index is -0.0000000267. The van der Waals surface area contributed by atoms with Crippen molar-refractivity contribution in [3.8, 4) is 0 Å². The van der Waals surface area contributed by atoms with E-state index < -0.39 is 5.60 Å². The van der Waals surface area contributed by atoms with E-state index in [2.05, 4.69) is 0 Å². The van der Waals surface area contributed by atoms with Crippen molar-refractivity contribution in [3.63, 3.8) is 0 Å². The van der Waals surface area contributed by atoms with E-state index in [-0.39, 0.29) is 70.2 Å². The molecule has 0 aromatic rings. The van der Waals surface area contributed by atoms with E-state index in [0.717, 1.165) is 0 Å². The van der Waals surface area contributed by atoms with Crippen molar-refractivity contribution < 1.29 is 57.9 Å². The van der Waals surface area contributed by atoms with E-state index >= 15 is 0 Å². The standard InChI is InChI=1S/C4H10O.Al.K.4H/c1-4(2,3)5;;;;;;/h5H,1-3H3;;;;;;/q;;+1;;;;-1. The van der Waals surface area contributed by atoms with Crippen LogP contribution in [-0.2, 0) is 0 Å². The van der Waals surface area contributed by atoms with Gasteiger partial charge in [0.25, 0.3) is 0 Å². The molecular weight excluding hydrogens is 130 g/mol. The molecule has 0 fully saturated rings. The van der Waals surface area contributed by atoms with Gasteiger partial charge in [-0.05, 0) is 20.8 Å². The van der Waals surface area contributed by atoms with E-state index in [1.165, 1.54) is 0 Å². The van der Waals surface area contributed by atoms with Gasteiger partial charge in [-0.25, -0.2) is 0 Å². The molecule has 0 atom stereocenters. The van der Waals surface area contributed by atoms with Crippen molar-refractivity contribution >= 4 is 17.4 Å². The van der Waals surface area contributed by atoms with Crippen LogP contribution in [0, 0.1) is 0 Å². The molecule has 0 aromatic heterocycles. The minimum atomic E-state index is -0.500. The summed E-state index contributed by atoms with van der Waals surface area (Å²) in [6.45, 7) is 5.23. The zero-order chi connectivity index (χ0) is 4.50. The zero-order valence-electron chi connectivity index (χ0n) is 5.95. The Morgan fingerprint density at radius 1 is 1.29 bits per heavy atom. The third kappa shape index (κ3) is 67.4. The molecule has 0 heterocycles. The van der Waals surface area contributed by atoms with Crippen LogP contribution in [0.1, 0.15) is 22.2 Å². The summed E-state index contributed by atoms with van der Waals surface area (Å²) >= 11 is 0. The average molecular weight is 144 g/mol. The second-order valence-electron chi connectivity index (χ2n) is 2.17. The van der Waals surface area contributed by atoms with E-state index in [4.69, 9.17) is 5.11 Å². The number of hydrogen-bond acceptors (Lipinski definition) is 1. The Morgan fingerprint density at radius 3 is 1.29 bits per heavy atom. The molecule has 7 heavy (non-hydrogen) atoms. The smallest absolute Gasteiger partial charge is 1.00 e. The predicted octanol–water partition coefficient (Wildman–Crippen LogP) is -3.29. The zero-order valence-corrected chi connectivity index (χ0v) is 8.07. The van der Waals surface area contributed by atoms with Crippen LogP contribution in [0.4, 0.5) is 0 Å². The summed E-state index contributed by atoms with van der Waals surface area (Å²) in [6, 6.07) is 0. The monoisotopic (exact) mass is 144 g/mol. The van der Waals surface area contributed by atoms with Crippen molar-refractivity contribution in [2.24, 2.45) is 0 Å². The maximum atomic E-state index is 8.52. The Kier molecular flexibility index (Phi) is 14.3. The van der Waals surface area contributed by atoms with Gasteiger partial charge in [-0.3, -0.25) is 0 Å². The fourth-order valence-electron chi connectivity index (χ4n) is 0. The maximum Gasteiger partial charge on any atom is 1.00 e. The third-order valence-corrected chi connectivity index (χ3v) is 0. The van der Waals surface area contributed by atoms with Gasteiger partial charge in [-0.15, -0.1) is 0 Å². The van der Waals surface area contributed by atoms with Gasteiger partial charge in [-0.1, -0.05) is 0 Å². The van der Waals surface area contributed by atoms with Crippen molar-refractivity contribution in [1.82, 2.24) is 0 Å². The van der Waals surface area contributed by atoms with Crippen LogP contribution in [0.5, 0.6) is 0 Å². The molecule has 0 aromatic carbocycles. The summed E-state index contributed by atoms with van der Waals surface area (Å²) in [6.07, 6.45) is 0. The Bertz CT molecular complexity index is 31.5. The average Bonchev–Trinajstić information content (AvgIpc) is 0.722. The SMILES string of the molecule is CC(C)(C)O.[AlH3].[H-].[K+]. The topological polar surface area (TPSA) is 20.2 Å². The molecular formula is C4H14AlKO. The predicted molar refractivity (Wildman–Crippen MR) is 33.0 cm³/mol. The van der Waals surface area contributed by atoms with E-state index in [1.807, 2.05) is 0 Å². The molecule has 40 valence electrons. The first-order valence-electron chi connectivity index (χ1n) is 1.72. The Morgan fingerprint density at radius 2 is 1.29 bits per heavy atom. The summed E-state index contributed by atoms with van der Waals surface area (Å²) < 4.78 is 0. The normalized spacial score (nSPS) is 8.57. The molecule has 1 N–H and O–H groups in total. The van der Waals surface area contributed by atoms with Gasteiger partial charge in [-0.2, -0.15) is 0 Å². The second kappa shape index (κ2) is 6.25. The van der Waals surface area contributed by atoms with Crippen LogP contribution in [0.25, 0.3) is 0 Å². The van der Waals surface area contributed by atoms with Gasteiger partial charge in [0.1, 0.15) is 0 Å². The van der Waals surface area contributed by atoms with Crippen LogP contribution < -0.4 is 51.4 Å². The molecule has 1 nitrogen and oxygen atoms in total. The fraction of sp³-hybridized carbons (Fsp3) is 1.00. The molecule has 0 saturated carbocycles. The molecule has 0 aliphatic rings. The van der Waals surface area contributed by atoms with Crippen LogP contribution in [0.15, 0.2) is 0 Å². The first kappa shape index (κ1) is 16.1. The van der Waals surface area contributed by atoms with E-state index in [1.54, 1.807) is 20.8 Å². The minimum Gasteiger partial charge on any atom is -1.00 e. The third-order valence-electron chi connectivity index (χ3n) is 0. The summed E-state index contributed by atoms with van der Waals surface area (Å²) in [5.41, 5.74) is -0.500. The molecule has 0 saturated heterocycles. The molecule has 0 aliphatic heterocycles. The number of hydrogen-bond donors (Lipinski definition) is 1. The molecule has 3 heteroatoms. The van der Waals surface area contributed by atoms with Crippen LogP contribution >= 0.6 is 0 Å². The first-order chi connectivity index (χ1) is 2.00. The van der Waals surface area contributed by atoms with Gasteiger partial charge in [0.15, 0.2) is 17.4 Å². The van der Waals surface area contributed by atoms with E-state index in [0.29, 0.717) is 0 Å². The quantitative estimate of drug-likeness (QED) is 0.353. The first-order valence-corrected chi connectivity index (χ1v) is 1.72. The summed E-state index contributed by atoms with van der Waals surface area (Å²) in [4.78, 5) is 0. The number of rotatable bonds is 0. The summed E-state index contributed by atoms with van der Waals surface area (Å²) in [5, 5.41) is 8.52. The van der Waals surface area contributed by atoms with Crippen LogP contribution in [0.3, 0.4) is 0 Å². The van der Waals surface area contributed by atoms with Crippen molar-refractivity contribution in [2.45, 2.75) is 26.4 Å². The Labute approximate surface area is 99.9 Å².